The minimum Gasteiger partial charge on any atom is -0.380 e. The Labute approximate surface area is 86.6 Å². The number of ether oxygens (including phenoxy) is 1. The predicted octanol–water partition coefficient (Wildman–Crippen LogP) is 0.751. The van der Waals surface area contributed by atoms with Crippen LogP contribution in [0.1, 0.15) is 26.2 Å². The van der Waals surface area contributed by atoms with E-state index in [4.69, 9.17) is 4.74 Å². The van der Waals surface area contributed by atoms with Crippen molar-refractivity contribution < 1.29 is 4.74 Å². The SMILES string of the molecule is COC1CNC(CNC2CC(C)C2)C1. The molecule has 2 aliphatic rings. The number of nitrogens with one attached hydrogen (secondary N) is 2. The van der Waals surface area contributed by atoms with Gasteiger partial charge in [-0.05, 0) is 25.2 Å². The lowest BCUT2D eigenvalue weighted by Crippen LogP contribution is -2.45. The van der Waals surface area contributed by atoms with Crippen LogP contribution in [0, 0.1) is 5.92 Å². The molecule has 82 valence electrons. The molecule has 0 spiro atoms. The molecule has 1 heterocycles. The highest BCUT2D eigenvalue weighted by Crippen LogP contribution is 2.26. The van der Waals surface area contributed by atoms with Crippen molar-refractivity contribution in [1.82, 2.24) is 10.6 Å². The molecule has 2 N–H and O–H groups in total. The van der Waals surface area contributed by atoms with Crippen LogP contribution >= 0.6 is 0 Å². The predicted molar refractivity (Wildman–Crippen MR) is 57.4 cm³/mol. The third-order valence-corrected chi connectivity index (χ3v) is 3.54. The topological polar surface area (TPSA) is 33.3 Å². The van der Waals surface area contributed by atoms with Crippen LogP contribution < -0.4 is 10.6 Å². The minimum absolute atomic E-state index is 0.433. The molecule has 1 saturated heterocycles. The molecule has 2 fully saturated rings. The van der Waals surface area contributed by atoms with Crippen molar-refractivity contribution in [3.63, 3.8) is 0 Å². The van der Waals surface area contributed by atoms with E-state index >= 15 is 0 Å². The van der Waals surface area contributed by atoms with Gasteiger partial charge in [-0.1, -0.05) is 6.92 Å². The number of hydrogen-bond donors (Lipinski definition) is 2. The molecule has 3 nitrogen and oxygen atoms in total. The zero-order chi connectivity index (χ0) is 9.97. The first-order chi connectivity index (χ1) is 6.78. The van der Waals surface area contributed by atoms with Crippen molar-refractivity contribution in [2.45, 2.75) is 44.4 Å². The van der Waals surface area contributed by atoms with Crippen LogP contribution in [0.15, 0.2) is 0 Å². The normalized spacial score (nSPS) is 42.4. The molecule has 0 aromatic heterocycles. The molecule has 0 amide bonds. The fourth-order valence-corrected chi connectivity index (χ4v) is 2.50. The highest BCUT2D eigenvalue weighted by molar-refractivity contribution is 4.88. The largest absolute Gasteiger partial charge is 0.380 e. The van der Waals surface area contributed by atoms with E-state index in [1.165, 1.54) is 12.8 Å². The molecule has 14 heavy (non-hydrogen) atoms. The molecule has 1 saturated carbocycles. The summed E-state index contributed by atoms with van der Waals surface area (Å²) in [5, 5.41) is 7.10. The Morgan fingerprint density at radius 1 is 1.36 bits per heavy atom. The quantitative estimate of drug-likeness (QED) is 0.699. The minimum atomic E-state index is 0.433. The highest BCUT2D eigenvalue weighted by Gasteiger charge is 2.28. The Morgan fingerprint density at radius 2 is 2.14 bits per heavy atom. The van der Waals surface area contributed by atoms with Crippen LogP contribution in [0.4, 0.5) is 0 Å². The third-order valence-electron chi connectivity index (χ3n) is 3.54. The van der Waals surface area contributed by atoms with Gasteiger partial charge in [0.1, 0.15) is 0 Å². The standard InChI is InChI=1S/C11H22N2O/c1-8-3-9(4-8)12-6-10-5-11(14-2)7-13-10/h8-13H,3-7H2,1-2H3. The third kappa shape index (κ3) is 2.47. The van der Waals surface area contributed by atoms with Crippen molar-refractivity contribution in [3.8, 4) is 0 Å². The maximum atomic E-state index is 5.32. The van der Waals surface area contributed by atoms with Crippen LogP contribution in [-0.2, 0) is 4.74 Å². The van der Waals surface area contributed by atoms with E-state index in [2.05, 4.69) is 17.6 Å². The highest BCUT2D eigenvalue weighted by atomic mass is 16.5. The van der Waals surface area contributed by atoms with Gasteiger partial charge < -0.3 is 15.4 Å². The van der Waals surface area contributed by atoms with E-state index in [-0.39, 0.29) is 0 Å². The molecule has 2 rings (SSSR count). The summed E-state index contributed by atoms with van der Waals surface area (Å²) < 4.78 is 5.32. The van der Waals surface area contributed by atoms with Gasteiger partial charge in [0, 0.05) is 32.3 Å². The molecule has 1 aliphatic heterocycles. The molecule has 0 aromatic carbocycles. The van der Waals surface area contributed by atoms with E-state index in [1.807, 2.05) is 0 Å². The first-order valence-electron chi connectivity index (χ1n) is 5.77. The van der Waals surface area contributed by atoms with Crippen molar-refractivity contribution in [1.29, 1.82) is 0 Å². The maximum Gasteiger partial charge on any atom is 0.0711 e. The smallest absolute Gasteiger partial charge is 0.0711 e. The lowest BCUT2D eigenvalue weighted by molar-refractivity contribution is 0.117. The van der Waals surface area contributed by atoms with Crippen molar-refractivity contribution in [2.24, 2.45) is 5.92 Å². The Balaban J connectivity index is 1.58. The van der Waals surface area contributed by atoms with Crippen molar-refractivity contribution in [3.05, 3.63) is 0 Å². The Hall–Kier alpha value is -0.120. The van der Waals surface area contributed by atoms with Gasteiger partial charge in [0.25, 0.3) is 0 Å². The second kappa shape index (κ2) is 4.60. The summed E-state index contributed by atoms with van der Waals surface area (Å²) in [4.78, 5) is 0. The van der Waals surface area contributed by atoms with Crippen LogP contribution in [0.5, 0.6) is 0 Å². The summed E-state index contributed by atoms with van der Waals surface area (Å²) in [7, 11) is 1.80. The summed E-state index contributed by atoms with van der Waals surface area (Å²) in [6.07, 6.45) is 4.31. The fraction of sp³-hybridized carbons (Fsp3) is 1.00. The van der Waals surface area contributed by atoms with Crippen molar-refractivity contribution >= 4 is 0 Å². The van der Waals surface area contributed by atoms with Gasteiger partial charge in [-0.25, -0.2) is 0 Å². The van der Waals surface area contributed by atoms with Gasteiger partial charge in [0.05, 0.1) is 6.10 Å². The Bertz CT molecular complexity index is 180. The maximum absolute atomic E-state index is 5.32. The van der Waals surface area contributed by atoms with Gasteiger partial charge in [0.15, 0.2) is 0 Å². The average Bonchev–Trinajstić information content (AvgIpc) is 2.58. The first kappa shape index (κ1) is 10.4. The lowest BCUT2D eigenvalue weighted by atomic mass is 9.82. The van der Waals surface area contributed by atoms with Gasteiger partial charge in [0.2, 0.25) is 0 Å². The van der Waals surface area contributed by atoms with E-state index in [1.54, 1.807) is 7.11 Å². The number of methoxy groups -OCH3 is 1. The summed E-state index contributed by atoms with van der Waals surface area (Å²) >= 11 is 0. The van der Waals surface area contributed by atoms with Crippen LogP contribution in [-0.4, -0.2) is 38.4 Å². The number of rotatable bonds is 4. The van der Waals surface area contributed by atoms with Crippen LogP contribution in [0.2, 0.25) is 0 Å². The molecular formula is C11H22N2O. The van der Waals surface area contributed by atoms with Gasteiger partial charge in [-0.2, -0.15) is 0 Å². The summed E-state index contributed by atoms with van der Waals surface area (Å²) in [6, 6.07) is 1.41. The molecule has 2 atom stereocenters. The summed E-state index contributed by atoms with van der Waals surface area (Å²) in [5.74, 6) is 0.941. The fourth-order valence-electron chi connectivity index (χ4n) is 2.50. The number of hydrogen-bond acceptors (Lipinski definition) is 3. The molecular weight excluding hydrogens is 176 g/mol. The van der Waals surface area contributed by atoms with Crippen molar-refractivity contribution in [2.75, 3.05) is 20.2 Å². The second-order valence-corrected chi connectivity index (χ2v) is 4.88. The van der Waals surface area contributed by atoms with Gasteiger partial charge >= 0.3 is 0 Å². The van der Waals surface area contributed by atoms with E-state index < -0.39 is 0 Å². The second-order valence-electron chi connectivity index (χ2n) is 4.88. The summed E-state index contributed by atoms with van der Waals surface area (Å²) in [6.45, 7) is 4.45. The molecule has 3 heteroatoms. The molecule has 0 aromatic rings. The first-order valence-corrected chi connectivity index (χ1v) is 5.77. The van der Waals surface area contributed by atoms with Gasteiger partial charge in [-0.15, -0.1) is 0 Å². The monoisotopic (exact) mass is 198 g/mol. The Kier molecular flexibility index (Phi) is 3.42. The molecule has 2 unspecified atom stereocenters. The average molecular weight is 198 g/mol. The van der Waals surface area contributed by atoms with Crippen LogP contribution in [0.3, 0.4) is 0 Å². The zero-order valence-electron chi connectivity index (χ0n) is 9.25. The molecule has 0 bridgehead atoms. The zero-order valence-corrected chi connectivity index (χ0v) is 9.25. The molecule has 1 aliphatic carbocycles. The van der Waals surface area contributed by atoms with E-state index in [0.717, 1.165) is 31.5 Å². The lowest BCUT2D eigenvalue weighted by Gasteiger charge is -2.34. The van der Waals surface area contributed by atoms with Crippen LogP contribution in [0.25, 0.3) is 0 Å². The Morgan fingerprint density at radius 3 is 2.71 bits per heavy atom. The van der Waals surface area contributed by atoms with E-state index in [9.17, 15) is 0 Å². The van der Waals surface area contributed by atoms with Gasteiger partial charge in [-0.3, -0.25) is 0 Å². The molecule has 0 radical (unpaired) electrons. The summed E-state index contributed by atoms with van der Waals surface area (Å²) in [5.41, 5.74) is 0. The van der Waals surface area contributed by atoms with E-state index in [0.29, 0.717) is 12.1 Å².